The Morgan fingerprint density at radius 3 is 2.50 bits per heavy atom. The highest BCUT2D eigenvalue weighted by atomic mass is 19.1. The van der Waals surface area contributed by atoms with E-state index in [4.69, 9.17) is 5.73 Å². The number of halogens is 2. The molecule has 1 aromatic carbocycles. The number of fused-ring (bicyclic) bond motifs is 1. The first-order valence-electron chi connectivity index (χ1n) is 9.12. The van der Waals surface area contributed by atoms with Gasteiger partial charge in [-0.3, -0.25) is 9.36 Å². The minimum Gasteiger partial charge on any atom is -0.368 e. The fourth-order valence-corrected chi connectivity index (χ4v) is 3.23. The van der Waals surface area contributed by atoms with Gasteiger partial charge in [-0.05, 0) is 25.1 Å². The highest BCUT2D eigenvalue weighted by Gasteiger charge is 2.22. The molecule has 3 N–H and O–H groups in total. The first-order valence-corrected chi connectivity index (χ1v) is 9.12. The minimum atomic E-state index is -0.899. The maximum absolute atomic E-state index is 14.0. The molecule has 0 spiro atoms. The van der Waals surface area contributed by atoms with Crippen LogP contribution >= 0.6 is 0 Å². The molecule has 3 aromatic heterocycles. The van der Waals surface area contributed by atoms with Crippen molar-refractivity contribution in [1.29, 1.82) is 10.5 Å². The molecule has 0 saturated heterocycles. The standard InChI is InChI=1S/C20H13F2N9O/c1-10(27-17-12(8-24)9-26-20(25)28-17)18-29-30-3-2-11(7-23)16(30)19(32)31(18)15-5-13(21)4-14(22)6-15/h2-6,9-10H,1H3,(H3,25,26,27,28)/t10-/m0/s1. The molecule has 0 fully saturated rings. The Morgan fingerprint density at radius 2 is 1.84 bits per heavy atom. The molecule has 4 aromatic rings. The van der Waals surface area contributed by atoms with Crippen LogP contribution in [0.1, 0.15) is 29.9 Å². The fourth-order valence-electron chi connectivity index (χ4n) is 3.23. The fraction of sp³-hybridized carbons (Fsp3) is 0.100. The Bertz CT molecular complexity index is 1490. The number of hydrogen-bond donors (Lipinski definition) is 2. The Labute approximate surface area is 178 Å². The average molecular weight is 433 g/mol. The zero-order valence-electron chi connectivity index (χ0n) is 16.4. The zero-order chi connectivity index (χ0) is 23.0. The maximum atomic E-state index is 14.0. The number of anilines is 2. The maximum Gasteiger partial charge on any atom is 0.283 e. The number of nitrogens with two attached hydrogens (primary N) is 1. The van der Waals surface area contributed by atoms with Crippen LogP contribution in [0.2, 0.25) is 0 Å². The summed E-state index contributed by atoms with van der Waals surface area (Å²) < 4.78 is 30.1. The highest BCUT2D eigenvalue weighted by Crippen LogP contribution is 2.22. The van der Waals surface area contributed by atoms with Crippen molar-refractivity contribution in [2.45, 2.75) is 13.0 Å². The van der Waals surface area contributed by atoms with Crippen LogP contribution in [0.15, 0.2) is 41.5 Å². The van der Waals surface area contributed by atoms with E-state index in [2.05, 4.69) is 20.4 Å². The van der Waals surface area contributed by atoms with Gasteiger partial charge in [0.2, 0.25) is 5.95 Å². The molecule has 0 saturated carbocycles. The van der Waals surface area contributed by atoms with Crippen molar-refractivity contribution in [2.24, 2.45) is 0 Å². The lowest BCUT2D eigenvalue weighted by Crippen LogP contribution is -2.30. The lowest BCUT2D eigenvalue weighted by atomic mass is 10.2. The predicted octanol–water partition coefficient (Wildman–Crippen LogP) is 2.05. The SMILES string of the molecule is C[C@H](Nc1nc(N)ncc1C#N)c1nn2ccc(C#N)c2c(=O)n1-c1cc(F)cc(F)c1. The molecule has 0 amide bonds. The summed E-state index contributed by atoms with van der Waals surface area (Å²) in [5.41, 5.74) is 4.85. The molecule has 0 radical (unpaired) electrons. The van der Waals surface area contributed by atoms with Gasteiger partial charge >= 0.3 is 0 Å². The van der Waals surface area contributed by atoms with E-state index in [0.29, 0.717) is 6.07 Å². The molecule has 1 atom stereocenters. The van der Waals surface area contributed by atoms with Crippen molar-refractivity contribution < 1.29 is 8.78 Å². The largest absolute Gasteiger partial charge is 0.368 e. The molecular formula is C20H13F2N9O. The van der Waals surface area contributed by atoms with E-state index < -0.39 is 23.2 Å². The molecule has 12 heteroatoms. The summed E-state index contributed by atoms with van der Waals surface area (Å²) in [5, 5.41) is 25.9. The summed E-state index contributed by atoms with van der Waals surface area (Å²) in [6.07, 6.45) is 2.65. The second kappa shape index (κ2) is 7.77. The van der Waals surface area contributed by atoms with Crippen LogP contribution in [0.3, 0.4) is 0 Å². The van der Waals surface area contributed by atoms with Gasteiger partial charge in [0, 0.05) is 12.3 Å². The van der Waals surface area contributed by atoms with Crippen molar-refractivity contribution in [1.82, 2.24) is 24.1 Å². The first-order chi connectivity index (χ1) is 15.3. The van der Waals surface area contributed by atoms with Crippen LogP contribution in [0.5, 0.6) is 0 Å². The number of nitrogens with one attached hydrogen (secondary N) is 1. The van der Waals surface area contributed by atoms with E-state index in [-0.39, 0.29) is 39.9 Å². The highest BCUT2D eigenvalue weighted by molar-refractivity contribution is 5.61. The summed E-state index contributed by atoms with van der Waals surface area (Å²) in [4.78, 5) is 21.1. The smallest absolute Gasteiger partial charge is 0.283 e. The minimum absolute atomic E-state index is 0.0358. The van der Waals surface area contributed by atoms with Crippen LogP contribution in [0, 0.1) is 34.3 Å². The quantitative estimate of drug-likeness (QED) is 0.496. The number of nitriles is 2. The molecule has 158 valence electrons. The molecule has 10 nitrogen and oxygen atoms in total. The van der Waals surface area contributed by atoms with Gasteiger partial charge in [-0.25, -0.2) is 18.3 Å². The van der Waals surface area contributed by atoms with E-state index in [0.717, 1.165) is 16.7 Å². The second-order valence-electron chi connectivity index (χ2n) is 6.73. The number of nitrogens with zero attached hydrogens (tertiary/aromatic N) is 7. The molecule has 0 unspecified atom stereocenters. The van der Waals surface area contributed by atoms with Gasteiger partial charge in [0.15, 0.2) is 5.82 Å². The van der Waals surface area contributed by atoms with Gasteiger partial charge in [-0.2, -0.15) is 20.6 Å². The monoisotopic (exact) mass is 433 g/mol. The van der Waals surface area contributed by atoms with Gasteiger partial charge < -0.3 is 11.1 Å². The van der Waals surface area contributed by atoms with Crippen molar-refractivity contribution >= 4 is 17.3 Å². The van der Waals surface area contributed by atoms with Crippen LogP contribution in [-0.2, 0) is 0 Å². The third-order valence-electron chi connectivity index (χ3n) is 4.61. The number of hydrogen-bond acceptors (Lipinski definition) is 8. The molecule has 0 aliphatic rings. The Morgan fingerprint density at radius 1 is 1.16 bits per heavy atom. The van der Waals surface area contributed by atoms with E-state index in [9.17, 15) is 24.1 Å². The van der Waals surface area contributed by atoms with Crippen LogP contribution < -0.4 is 16.6 Å². The van der Waals surface area contributed by atoms with E-state index in [1.165, 1.54) is 23.0 Å². The molecule has 4 rings (SSSR count). The van der Waals surface area contributed by atoms with Gasteiger partial charge in [-0.15, -0.1) is 0 Å². The number of rotatable bonds is 4. The lowest BCUT2D eigenvalue weighted by molar-refractivity contribution is 0.578. The van der Waals surface area contributed by atoms with Gasteiger partial charge in [0.25, 0.3) is 5.56 Å². The van der Waals surface area contributed by atoms with Crippen LogP contribution in [-0.4, -0.2) is 24.1 Å². The van der Waals surface area contributed by atoms with Crippen molar-refractivity contribution in [3.63, 3.8) is 0 Å². The number of aromatic nitrogens is 5. The number of benzene rings is 1. The molecule has 0 aliphatic heterocycles. The Balaban J connectivity index is 1.96. The van der Waals surface area contributed by atoms with Crippen molar-refractivity contribution in [2.75, 3.05) is 11.1 Å². The van der Waals surface area contributed by atoms with Crippen LogP contribution in [0.25, 0.3) is 11.2 Å². The summed E-state index contributed by atoms with van der Waals surface area (Å²) in [5.74, 6) is -1.76. The zero-order valence-corrected chi connectivity index (χ0v) is 16.4. The molecule has 0 bridgehead atoms. The summed E-state index contributed by atoms with van der Waals surface area (Å²) in [6.45, 7) is 1.61. The molecule has 0 aliphatic carbocycles. The third kappa shape index (κ3) is 3.46. The molecule has 3 heterocycles. The Kier molecular flexibility index (Phi) is 4.96. The van der Waals surface area contributed by atoms with Gasteiger partial charge in [0.05, 0.1) is 23.5 Å². The van der Waals surface area contributed by atoms with Crippen molar-refractivity contribution in [3.8, 4) is 17.8 Å². The predicted molar refractivity (Wildman–Crippen MR) is 109 cm³/mol. The van der Waals surface area contributed by atoms with E-state index >= 15 is 0 Å². The average Bonchev–Trinajstić information content (AvgIpc) is 3.16. The van der Waals surface area contributed by atoms with Gasteiger partial charge in [0.1, 0.15) is 40.7 Å². The Hall–Kier alpha value is -4.84. The molecular weight excluding hydrogens is 420 g/mol. The van der Waals surface area contributed by atoms with E-state index in [1.807, 2.05) is 12.1 Å². The summed E-state index contributed by atoms with van der Waals surface area (Å²) in [7, 11) is 0. The summed E-state index contributed by atoms with van der Waals surface area (Å²) >= 11 is 0. The topological polar surface area (TPSA) is 151 Å². The van der Waals surface area contributed by atoms with Crippen molar-refractivity contribution in [3.05, 3.63) is 75.6 Å². The summed E-state index contributed by atoms with van der Waals surface area (Å²) in [6, 6.07) is 7.03. The van der Waals surface area contributed by atoms with Gasteiger partial charge in [-0.1, -0.05) is 0 Å². The molecule has 32 heavy (non-hydrogen) atoms. The lowest BCUT2D eigenvalue weighted by Gasteiger charge is -2.20. The van der Waals surface area contributed by atoms with E-state index in [1.54, 1.807) is 6.92 Å². The normalized spacial score (nSPS) is 11.7. The number of nitrogen functional groups attached to an aromatic ring is 1. The van der Waals surface area contributed by atoms with Crippen LogP contribution in [0.4, 0.5) is 20.5 Å². The third-order valence-corrected chi connectivity index (χ3v) is 4.61. The first kappa shape index (κ1) is 20.4. The second-order valence-corrected chi connectivity index (χ2v) is 6.73.